The lowest BCUT2D eigenvalue weighted by Gasteiger charge is -2.22. The van der Waals surface area contributed by atoms with E-state index >= 15 is 0 Å². The Morgan fingerprint density at radius 2 is 1.53 bits per heavy atom. The Labute approximate surface area is 88.8 Å². The van der Waals surface area contributed by atoms with E-state index in [1.54, 1.807) is 13.8 Å². The molecule has 0 aromatic heterocycles. The average molecular weight is 230 g/mol. The van der Waals surface area contributed by atoms with Gasteiger partial charge in [0.25, 0.3) is 0 Å². The third kappa shape index (κ3) is 2.35. The SMILES string of the molecule is Cc1cc(C)cc(C(N)(N)S(=O)(=O)O)c1. The lowest BCUT2D eigenvalue weighted by molar-refractivity contribution is 0.432. The summed E-state index contributed by atoms with van der Waals surface area (Å²) < 4.78 is 30.9. The van der Waals surface area contributed by atoms with E-state index in [4.69, 9.17) is 16.0 Å². The normalized spacial score (nSPS) is 12.9. The predicted molar refractivity (Wildman–Crippen MR) is 57.5 cm³/mol. The Bertz CT molecular complexity index is 460. The van der Waals surface area contributed by atoms with Gasteiger partial charge in [0.05, 0.1) is 0 Å². The zero-order valence-corrected chi connectivity index (χ0v) is 9.38. The van der Waals surface area contributed by atoms with Crippen molar-refractivity contribution >= 4 is 10.1 Å². The second-order valence-corrected chi connectivity index (χ2v) is 5.27. The van der Waals surface area contributed by atoms with E-state index in [2.05, 4.69) is 0 Å². The van der Waals surface area contributed by atoms with Crippen LogP contribution in [-0.4, -0.2) is 13.0 Å². The molecule has 0 unspecified atom stereocenters. The number of hydrogen-bond donors (Lipinski definition) is 3. The van der Waals surface area contributed by atoms with Crippen molar-refractivity contribution in [2.24, 2.45) is 11.5 Å². The van der Waals surface area contributed by atoms with Crippen LogP contribution in [0.4, 0.5) is 0 Å². The van der Waals surface area contributed by atoms with Crippen LogP contribution >= 0.6 is 0 Å². The van der Waals surface area contributed by atoms with Crippen LogP contribution in [-0.2, 0) is 15.1 Å². The summed E-state index contributed by atoms with van der Waals surface area (Å²) in [6, 6.07) is 4.91. The summed E-state index contributed by atoms with van der Waals surface area (Å²) in [5.74, 6) is 0. The summed E-state index contributed by atoms with van der Waals surface area (Å²) in [7, 11) is -4.53. The molecule has 0 amide bonds. The first-order valence-electron chi connectivity index (χ1n) is 4.28. The lowest BCUT2D eigenvalue weighted by atomic mass is 10.1. The Kier molecular flexibility index (Phi) is 2.88. The molecule has 1 aromatic carbocycles. The smallest absolute Gasteiger partial charge is 0.295 e. The third-order valence-electron chi connectivity index (χ3n) is 2.10. The summed E-state index contributed by atoms with van der Waals surface area (Å²) in [6.07, 6.45) is 0. The molecule has 0 aliphatic carbocycles. The second kappa shape index (κ2) is 3.57. The van der Waals surface area contributed by atoms with E-state index in [-0.39, 0.29) is 5.56 Å². The van der Waals surface area contributed by atoms with E-state index in [1.165, 1.54) is 12.1 Å². The highest BCUT2D eigenvalue weighted by Gasteiger charge is 2.36. The molecular formula is C9H14N2O3S. The number of rotatable bonds is 2. The van der Waals surface area contributed by atoms with Crippen molar-refractivity contribution in [3.63, 3.8) is 0 Å². The van der Waals surface area contributed by atoms with Crippen molar-refractivity contribution in [2.45, 2.75) is 18.8 Å². The van der Waals surface area contributed by atoms with Crippen LogP contribution in [0.3, 0.4) is 0 Å². The minimum absolute atomic E-state index is 0.169. The molecule has 0 aliphatic rings. The van der Waals surface area contributed by atoms with Crippen LogP contribution in [0, 0.1) is 13.8 Å². The van der Waals surface area contributed by atoms with Gasteiger partial charge in [0.15, 0.2) is 0 Å². The molecule has 0 bridgehead atoms. The van der Waals surface area contributed by atoms with E-state index in [9.17, 15) is 8.42 Å². The van der Waals surface area contributed by atoms with Crippen molar-refractivity contribution in [3.8, 4) is 0 Å². The lowest BCUT2D eigenvalue weighted by Crippen LogP contribution is -2.52. The van der Waals surface area contributed by atoms with Gasteiger partial charge in [-0.1, -0.05) is 29.3 Å². The Balaban J connectivity index is 3.40. The van der Waals surface area contributed by atoms with Crippen molar-refractivity contribution in [3.05, 3.63) is 34.9 Å². The van der Waals surface area contributed by atoms with Gasteiger partial charge in [-0.05, 0) is 13.8 Å². The zero-order valence-electron chi connectivity index (χ0n) is 8.56. The van der Waals surface area contributed by atoms with Crippen molar-refractivity contribution in [1.82, 2.24) is 0 Å². The van der Waals surface area contributed by atoms with E-state index < -0.39 is 15.1 Å². The molecule has 15 heavy (non-hydrogen) atoms. The molecular weight excluding hydrogens is 216 g/mol. The number of aryl methyl sites for hydroxylation is 2. The first-order chi connectivity index (χ1) is 6.64. The monoisotopic (exact) mass is 230 g/mol. The highest BCUT2D eigenvalue weighted by atomic mass is 32.2. The topological polar surface area (TPSA) is 106 Å². The standard InChI is InChI=1S/C9H14N2O3S/c1-6-3-7(2)5-8(4-6)9(10,11)15(12,13)14/h3-5H,10-11H2,1-2H3,(H,12,13,14). The van der Waals surface area contributed by atoms with Crippen molar-refractivity contribution < 1.29 is 13.0 Å². The van der Waals surface area contributed by atoms with Crippen molar-refractivity contribution in [2.75, 3.05) is 0 Å². The van der Waals surface area contributed by atoms with Gasteiger partial charge in [-0.2, -0.15) is 8.42 Å². The average Bonchev–Trinajstić information content (AvgIpc) is 1.99. The molecule has 0 fully saturated rings. The van der Waals surface area contributed by atoms with Crippen molar-refractivity contribution in [1.29, 1.82) is 0 Å². The van der Waals surface area contributed by atoms with Gasteiger partial charge < -0.3 is 0 Å². The highest BCUT2D eigenvalue weighted by Crippen LogP contribution is 2.20. The fraction of sp³-hybridized carbons (Fsp3) is 0.333. The molecule has 5 nitrogen and oxygen atoms in total. The maximum absolute atomic E-state index is 11.0. The fourth-order valence-electron chi connectivity index (χ4n) is 1.35. The third-order valence-corrected chi connectivity index (χ3v) is 3.19. The fourth-order valence-corrected chi connectivity index (χ4v) is 1.76. The number of benzene rings is 1. The zero-order chi connectivity index (χ0) is 11.9. The molecule has 0 saturated carbocycles. The van der Waals surface area contributed by atoms with Gasteiger partial charge >= 0.3 is 10.1 Å². The molecule has 0 atom stereocenters. The highest BCUT2D eigenvalue weighted by molar-refractivity contribution is 7.86. The molecule has 1 rings (SSSR count). The van der Waals surface area contributed by atoms with Crippen LogP contribution in [0.1, 0.15) is 16.7 Å². The Hall–Kier alpha value is -0.950. The minimum atomic E-state index is -4.53. The summed E-state index contributed by atoms with van der Waals surface area (Å²) >= 11 is 0. The van der Waals surface area contributed by atoms with Gasteiger partial charge in [0.2, 0.25) is 4.99 Å². The van der Waals surface area contributed by atoms with E-state index in [1.807, 2.05) is 6.07 Å². The number of hydrogen-bond acceptors (Lipinski definition) is 4. The van der Waals surface area contributed by atoms with Crippen LogP contribution in [0.5, 0.6) is 0 Å². The summed E-state index contributed by atoms with van der Waals surface area (Å²) in [5, 5.41) is 0. The molecule has 0 aliphatic heterocycles. The molecule has 6 heteroatoms. The largest absolute Gasteiger partial charge is 0.302 e. The molecule has 0 heterocycles. The van der Waals surface area contributed by atoms with E-state index in [0.717, 1.165) is 11.1 Å². The van der Waals surface area contributed by atoms with E-state index in [0.29, 0.717) is 0 Å². The van der Waals surface area contributed by atoms with Crippen LogP contribution in [0.25, 0.3) is 0 Å². The molecule has 0 radical (unpaired) electrons. The molecule has 1 aromatic rings. The first-order valence-corrected chi connectivity index (χ1v) is 5.72. The molecule has 0 saturated heterocycles. The first kappa shape index (κ1) is 12.1. The summed E-state index contributed by atoms with van der Waals surface area (Å²) in [4.78, 5) is -2.26. The van der Waals surface area contributed by atoms with Gasteiger partial charge in [-0.25, -0.2) is 0 Å². The summed E-state index contributed by atoms with van der Waals surface area (Å²) in [5.41, 5.74) is 12.6. The van der Waals surface area contributed by atoms with Gasteiger partial charge in [0.1, 0.15) is 0 Å². The van der Waals surface area contributed by atoms with Crippen LogP contribution < -0.4 is 11.5 Å². The molecule has 0 spiro atoms. The van der Waals surface area contributed by atoms with Gasteiger partial charge in [0, 0.05) is 5.56 Å². The maximum atomic E-state index is 11.0. The minimum Gasteiger partial charge on any atom is -0.295 e. The summed E-state index contributed by atoms with van der Waals surface area (Å²) in [6.45, 7) is 3.58. The molecule has 84 valence electrons. The predicted octanol–water partition coefficient (Wildman–Crippen LogP) is 0.219. The Morgan fingerprint density at radius 3 is 1.87 bits per heavy atom. The second-order valence-electron chi connectivity index (χ2n) is 3.64. The van der Waals surface area contributed by atoms with Gasteiger partial charge in [-0.3, -0.25) is 16.0 Å². The molecule has 5 N–H and O–H groups in total. The van der Waals surface area contributed by atoms with Crippen LogP contribution in [0.2, 0.25) is 0 Å². The van der Waals surface area contributed by atoms with Crippen LogP contribution in [0.15, 0.2) is 18.2 Å². The maximum Gasteiger partial charge on any atom is 0.302 e. The number of nitrogens with two attached hydrogens (primary N) is 2. The van der Waals surface area contributed by atoms with Gasteiger partial charge in [-0.15, -0.1) is 0 Å². The Morgan fingerprint density at radius 1 is 1.13 bits per heavy atom. The quantitative estimate of drug-likeness (QED) is 0.497.